The summed E-state index contributed by atoms with van der Waals surface area (Å²) in [4.78, 5) is 0. The zero-order chi connectivity index (χ0) is 20.7. The second-order valence-corrected chi connectivity index (χ2v) is 8.44. The maximum Gasteiger partial charge on any atom is 0.435 e. The number of sulfonamides is 1. The summed E-state index contributed by atoms with van der Waals surface area (Å²) in [6.07, 6.45) is -3.65. The first-order chi connectivity index (χ1) is 12.9. The van der Waals surface area contributed by atoms with Crippen molar-refractivity contribution in [3.8, 4) is 16.9 Å². The normalized spacial score (nSPS) is 12.2. The van der Waals surface area contributed by atoms with Crippen molar-refractivity contribution in [2.75, 3.05) is 11.0 Å². The molecule has 1 heterocycles. The number of aromatic nitrogens is 2. The van der Waals surface area contributed by atoms with E-state index in [4.69, 9.17) is 23.2 Å². The first-order valence-electron chi connectivity index (χ1n) is 7.65. The number of rotatable bonds is 4. The molecule has 0 spiro atoms. The van der Waals surface area contributed by atoms with Gasteiger partial charge in [0.15, 0.2) is 5.69 Å². The molecule has 0 saturated carbocycles. The van der Waals surface area contributed by atoms with Gasteiger partial charge in [-0.25, -0.2) is 13.1 Å². The van der Waals surface area contributed by atoms with E-state index in [-0.39, 0.29) is 21.4 Å². The molecule has 0 aliphatic heterocycles. The highest BCUT2D eigenvalue weighted by Crippen LogP contribution is 2.35. The fourth-order valence-corrected chi connectivity index (χ4v) is 3.32. The summed E-state index contributed by atoms with van der Waals surface area (Å²) in [5.74, 6) is 0. The zero-order valence-electron chi connectivity index (χ0n) is 14.1. The number of hydrogen-bond donors (Lipinski definition) is 1. The minimum atomic E-state index is -4.64. The van der Waals surface area contributed by atoms with Crippen LogP contribution in [0.1, 0.15) is 5.69 Å². The monoisotopic (exact) mass is 449 g/mol. The Morgan fingerprint density at radius 1 is 1.00 bits per heavy atom. The summed E-state index contributed by atoms with van der Waals surface area (Å²) in [7, 11) is -3.48. The smallest absolute Gasteiger partial charge is 0.284 e. The summed E-state index contributed by atoms with van der Waals surface area (Å²) in [5.41, 5.74) is 0.0264. The van der Waals surface area contributed by atoms with Crippen LogP contribution >= 0.6 is 23.2 Å². The second kappa shape index (κ2) is 7.31. The topological polar surface area (TPSA) is 64.0 Å². The van der Waals surface area contributed by atoms with Crippen molar-refractivity contribution in [2.24, 2.45) is 0 Å². The molecular formula is C17H12Cl2F3N3O2S. The van der Waals surface area contributed by atoms with Gasteiger partial charge in [0.05, 0.1) is 27.7 Å². The number of nitrogens with zero attached hydrogens (tertiary/aromatic N) is 2. The predicted octanol–water partition coefficient (Wildman–Crippen LogP) is 5.24. The summed E-state index contributed by atoms with van der Waals surface area (Å²) >= 11 is 11.9. The molecule has 0 saturated heterocycles. The molecule has 0 amide bonds. The number of hydrogen-bond acceptors (Lipinski definition) is 3. The van der Waals surface area contributed by atoms with Crippen LogP contribution < -0.4 is 4.72 Å². The zero-order valence-corrected chi connectivity index (χ0v) is 16.5. The molecule has 28 heavy (non-hydrogen) atoms. The second-order valence-electron chi connectivity index (χ2n) is 5.87. The van der Waals surface area contributed by atoms with Gasteiger partial charge in [-0.2, -0.15) is 18.3 Å². The highest BCUT2D eigenvalue weighted by atomic mass is 35.5. The minimum Gasteiger partial charge on any atom is -0.284 e. The van der Waals surface area contributed by atoms with Gasteiger partial charge in [-0.3, -0.25) is 4.72 Å². The Morgan fingerprint density at radius 2 is 1.64 bits per heavy atom. The van der Waals surface area contributed by atoms with Gasteiger partial charge in [0.2, 0.25) is 10.0 Å². The lowest BCUT2D eigenvalue weighted by Gasteiger charge is -2.10. The van der Waals surface area contributed by atoms with Crippen LogP contribution in [0.15, 0.2) is 48.5 Å². The van der Waals surface area contributed by atoms with Crippen LogP contribution in [0, 0.1) is 0 Å². The van der Waals surface area contributed by atoms with E-state index in [1.54, 1.807) is 0 Å². The van der Waals surface area contributed by atoms with Crippen LogP contribution in [0.4, 0.5) is 18.9 Å². The standard InChI is InChI=1S/C17H12Cl2F3N3O2S/c1-28(26,27)24-11-3-5-12(6-4-11)25-15(9-16(23-25)17(20,21)22)10-2-7-13(18)14(19)8-10/h2-9,24H,1H3. The third-order valence-corrected chi connectivity index (χ3v) is 4.98. The third-order valence-electron chi connectivity index (χ3n) is 3.63. The van der Waals surface area contributed by atoms with Crippen molar-refractivity contribution in [3.05, 3.63) is 64.3 Å². The SMILES string of the molecule is CS(=O)(=O)Nc1ccc(-n2nc(C(F)(F)F)cc2-c2ccc(Cl)c(Cl)c2)cc1. The Hall–Kier alpha value is -2.23. The average Bonchev–Trinajstić information content (AvgIpc) is 3.02. The molecule has 0 radical (unpaired) electrons. The number of nitrogens with one attached hydrogen (secondary N) is 1. The van der Waals surface area contributed by atoms with Crippen LogP contribution in [0.5, 0.6) is 0 Å². The summed E-state index contributed by atoms with van der Waals surface area (Å²) in [6, 6.07) is 11.1. The molecule has 1 aromatic heterocycles. The van der Waals surface area contributed by atoms with Crippen molar-refractivity contribution in [3.63, 3.8) is 0 Å². The number of anilines is 1. The van der Waals surface area contributed by atoms with Crippen LogP contribution in [0.2, 0.25) is 10.0 Å². The van der Waals surface area contributed by atoms with Gasteiger partial charge < -0.3 is 0 Å². The molecule has 0 aliphatic carbocycles. The first-order valence-corrected chi connectivity index (χ1v) is 10.3. The third kappa shape index (κ3) is 4.60. The molecule has 2 aromatic carbocycles. The van der Waals surface area contributed by atoms with Crippen molar-refractivity contribution >= 4 is 38.9 Å². The molecular weight excluding hydrogens is 438 g/mol. The van der Waals surface area contributed by atoms with Gasteiger partial charge in [-0.1, -0.05) is 29.3 Å². The average molecular weight is 450 g/mol. The van der Waals surface area contributed by atoms with Gasteiger partial charge in [0.25, 0.3) is 0 Å². The Kier molecular flexibility index (Phi) is 5.35. The molecule has 1 N–H and O–H groups in total. The van der Waals surface area contributed by atoms with Crippen molar-refractivity contribution in [1.82, 2.24) is 9.78 Å². The van der Waals surface area contributed by atoms with Gasteiger partial charge in [-0.15, -0.1) is 0 Å². The molecule has 148 valence electrons. The number of benzene rings is 2. The number of alkyl halides is 3. The molecule has 3 aromatic rings. The lowest BCUT2D eigenvalue weighted by Crippen LogP contribution is -2.10. The Balaban J connectivity index is 2.11. The van der Waals surface area contributed by atoms with E-state index < -0.39 is 21.9 Å². The van der Waals surface area contributed by atoms with E-state index in [9.17, 15) is 21.6 Å². The van der Waals surface area contributed by atoms with Crippen molar-refractivity contribution < 1.29 is 21.6 Å². The molecule has 0 atom stereocenters. The molecule has 0 bridgehead atoms. The van der Waals surface area contributed by atoms with E-state index in [0.717, 1.165) is 17.0 Å². The summed E-state index contributed by atoms with van der Waals surface area (Å²) in [6.45, 7) is 0. The van der Waals surface area contributed by atoms with Gasteiger partial charge in [0, 0.05) is 11.3 Å². The highest BCUT2D eigenvalue weighted by Gasteiger charge is 2.35. The minimum absolute atomic E-state index is 0.148. The lowest BCUT2D eigenvalue weighted by atomic mass is 10.1. The Morgan fingerprint density at radius 3 is 2.18 bits per heavy atom. The van der Waals surface area contributed by atoms with E-state index in [2.05, 4.69) is 9.82 Å². The quantitative estimate of drug-likeness (QED) is 0.592. The molecule has 11 heteroatoms. The predicted molar refractivity (Wildman–Crippen MR) is 102 cm³/mol. The Labute approximate surface area is 168 Å². The summed E-state index contributed by atoms with van der Waals surface area (Å²) in [5, 5.41) is 4.12. The van der Waals surface area contributed by atoms with Gasteiger partial charge in [-0.05, 0) is 42.5 Å². The Bertz CT molecular complexity index is 1130. The molecule has 0 fully saturated rings. The van der Waals surface area contributed by atoms with Crippen LogP contribution in [-0.4, -0.2) is 24.5 Å². The lowest BCUT2D eigenvalue weighted by molar-refractivity contribution is -0.141. The molecule has 3 rings (SSSR count). The molecule has 0 aliphatic rings. The highest BCUT2D eigenvalue weighted by molar-refractivity contribution is 7.92. The first kappa shape index (κ1) is 20.5. The summed E-state index contributed by atoms with van der Waals surface area (Å²) < 4.78 is 65.6. The van der Waals surface area contributed by atoms with E-state index in [1.807, 2.05) is 0 Å². The fourth-order valence-electron chi connectivity index (χ4n) is 2.46. The number of halogens is 5. The largest absolute Gasteiger partial charge is 0.435 e. The van der Waals surface area contributed by atoms with Crippen LogP contribution in [-0.2, 0) is 16.2 Å². The van der Waals surface area contributed by atoms with Crippen LogP contribution in [0.25, 0.3) is 16.9 Å². The van der Waals surface area contributed by atoms with E-state index in [1.165, 1.54) is 42.5 Å². The van der Waals surface area contributed by atoms with Crippen molar-refractivity contribution in [2.45, 2.75) is 6.18 Å². The van der Waals surface area contributed by atoms with E-state index >= 15 is 0 Å². The van der Waals surface area contributed by atoms with E-state index in [0.29, 0.717) is 11.3 Å². The molecule has 5 nitrogen and oxygen atoms in total. The maximum atomic E-state index is 13.2. The fraction of sp³-hybridized carbons (Fsp3) is 0.118. The maximum absolute atomic E-state index is 13.2. The molecule has 0 unspecified atom stereocenters. The van der Waals surface area contributed by atoms with Gasteiger partial charge in [0.1, 0.15) is 0 Å². The van der Waals surface area contributed by atoms with Crippen molar-refractivity contribution in [1.29, 1.82) is 0 Å². The van der Waals surface area contributed by atoms with Crippen LogP contribution in [0.3, 0.4) is 0 Å². The van der Waals surface area contributed by atoms with Gasteiger partial charge >= 0.3 is 6.18 Å².